The van der Waals surface area contributed by atoms with Crippen molar-refractivity contribution in [2.75, 3.05) is 65.4 Å². The number of piperazine rings is 2. The minimum atomic E-state index is -0.153. The summed E-state index contributed by atoms with van der Waals surface area (Å²) < 4.78 is 13.7. The second-order valence-electron chi connectivity index (χ2n) is 11.0. The molecule has 7 heteroatoms. The monoisotopic (exact) mass is 535 g/mol. The summed E-state index contributed by atoms with van der Waals surface area (Å²) in [5, 5.41) is 0. The van der Waals surface area contributed by atoms with Crippen LogP contribution in [0.2, 0.25) is 0 Å². The first-order valence-electron chi connectivity index (χ1n) is 14.2. The zero-order chi connectivity index (χ0) is 26.3. The van der Waals surface area contributed by atoms with Gasteiger partial charge in [0.15, 0.2) is 0 Å². The van der Waals surface area contributed by atoms with E-state index in [0.717, 1.165) is 77.6 Å². The Balaban J connectivity index is 1.12. The van der Waals surface area contributed by atoms with E-state index in [1.807, 2.05) is 17.6 Å². The highest BCUT2D eigenvalue weighted by molar-refractivity contribution is 7.10. The van der Waals surface area contributed by atoms with Crippen LogP contribution in [-0.4, -0.2) is 96.1 Å². The molecule has 3 heterocycles. The van der Waals surface area contributed by atoms with Crippen molar-refractivity contribution in [3.63, 3.8) is 0 Å². The highest BCUT2D eigenvalue weighted by Gasteiger charge is 2.29. The lowest BCUT2D eigenvalue weighted by Gasteiger charge is -2.43. The number of thiazole rings is 1. The Morgan fingerprint density at radius 2 is 1.47 bits per heavy atom. The molecule has 3 aromatic rings. The molecule has 5 rings (SSSR count). The van der Waals surface area contributed by atoms with Gasteiger partial charge in [0.25, 0.3) is 0 Å². The average Bonchev–Trinajstić information content (AvgIpc) is 3.42. The number of aryl methyl sites for hydroxylation is 1. The molecule has 2 aromatic carbocycles. The molecule has 2 aliphatic heterocycles. The van der Waals surface area contributed by atoms with E-state index in [0.29, 0.717) is 12.1 Å². The molecule has 0 amide bonds. The van der Waals surface area contributed by atoms with E-state index < -0.39 is 0 Å². The predicted molar refractivity (Wildman–Crippen MR) is 156 cm³/mol. The Hall–Kier alpha value is -2.16. The van der Waals surface area contributed by atoms with Crippen LogP contribution in [0.1, 0.15) is 36.8 Å². The van der Waals surface area contributed by atoms with E-state index in [1.54, 1.807) is 23.5 Å². The molecular formula is C31H42FN5S. The number of halogens is 1. The fourth-order valence-electron chi connectivity index (χ4n) is 5.86. The summed E-state index contributed by atoms with van der Waals surface area (Å²) in [4.78, 5) is 16.5. The van der Waals surface area contributed by atoms with E-state index in [1.165, 1.54) is 22.4 Å². The van der Waals surface area contributed by atoms with Gasteiger partial charge in [0.1, 0.15) is 5.82 Å². The third-order valence-corrected chi connectivity index (χ3v) is 9.13. The number of hydrogen-bond acceptors (Lipinski definition) is 6. The van der Waals surface area contributed by atoms with Gasteiger partial charge in [-0.15, -0.1) is 11.3 Å². The number of rotatable bonds is 10. The molecule has 0 radical (unpaired) electrons. The summed E-state index contributed by atoms with van der Waals surface area (Å²) >= 11 is 1.78. The fourth-order valence-corrected chi connectivity index (χ4v) is 6.69. The van der Waals surface area contributed by atoms with E-state index >= 15 is 0 Å². The van der Waals surface area contributed by atoms with E-state index in [-0.39, 0.29) is 5.82 Å². The highest BCUT2D eigenvalue weighted by Crippen LogP contribution is 2.27. The average molecular weight is 536 g/mol. The molecule has 0 bridgehead atoms. The Morgan fingerprint density at radius 1 is 0.816 bits per heavy atom. The van der Waals surface area contributed by atoms with Crippen molar-refractivity contribution in [1.29, 1.82) is 0 Å². The maximum absolute atomic E-state index is 13.7. The normalized spacial score (nSPS) is 19.3. The van der Waals surface area contributed by atoms with Gasteiger partial charge in [0.2, 0.25) is 0 Å². The van der Waals surface area contributed by atoms with Crippen LogP contribution in [0.25, 0.3) is 11.3 Å². The lowest BCUT2D eigenvalue weighted by atomic mass is 10.0. The predicted octanol–water partition coefficient (Wildman–Crippen LogP) is 5.27. The molecule has 204 valence electrons. The van der Waals surface area contributed by atoms with E-state index in [9.17, 15) is 4.39 Å². The van der Waals surface area contributed by atoms with Crippen LogP contribution in [0.4, 0.5) is 4.39 Å². The lowest BCUT2D eigenvalue weighted by Crippen LogP contribution is -2.53. The Bertz CT molecular complexity index is 1100. The van der Waals surface area contributed by atoms with Gasteiger partial charge in [-0.2, -0.15) is 0 Å². The van der Waals surface area contributed by atoms with Gasteiger partial charge in [0, 0.05) is 81.4 Å². The first-order valence-corrected chi connectivity index (χ1v) is 15.1. The summed E-state index contributed by atoms with van der Waals surface area (Å²) in [5.41, 5.74) is 5.60. The van der Waals surface area contributed by atoms with Crippen LogP contribution < -0.4 is 0 Å². The van der Waals surface area contributed by atoms with Crippen molar-refractivity contribution in [1.82, 2.24) is 24.6 Å². The van der Waals surface area contributed by atoms with E-state index in [4.69, 9.17) is 0 Å². The summed E-state index contributed by atoms with van der Waals surface area (Å²) in [5.74, 6) is -0.153. The molecule has 0 saturated carbocycles. The summed E-state index contributed by atoms with van der Waals surface area (Å²) in [6.45, 7) is 15.5. The fraction of sp³-hybridized carbons (Fsp3) is 0.516. The van der Waals surface area contributed by atoms with Gasteiger partial charge in [-0.3, -0.25) is 14.7 Å². The van der Waals surface area contributed by atoms with Crippen LogP contribution in [-0.2, 0) is 6.42 Å². The van der Waals surface area contributed by atoms with Crippen LogP contribution in [0.5, 0.6) is 0 Å². The van der Waals surface area contributed by atoms with Gasteiger partial charge in [0.05, 0.1) is 11.2 Å². The molecule has 1 atom stereocenters. The number of hydrogen-bond donors (Lipinski definition) is 0. The molecule has 5 nitrogen and oxygen atoms in total. The van der Waals surface area contributed by atoms with Crippen LogP contribution in [0, 0.1) is 5.82 Å². The van der Waals surface area contributed by atoms with Crippen molar-refractivity contribution < 1.29 is 4.39 Å². The van der Waals surface area contributed by atoms with Crippen molar-refractivity contribution in [2.24, 2.45) is 0 Å². The standard InChI is InChI=1S/C31H42FN5S/c1-25(2)36-19-21-37(22-20-36)29(26-10-12-28(32)13-11-26)23-35-17-15-34(16-18-35)14-6-9-30-31(33-24-38-30)27-7-4-3-5-8-27/h3-5,7-8,10-13,24-25,29H,6,9,14-23H2,1-2H3. The topological polar surface area (TPSA) is 25.9 Å². The molecule has 2 aliphatic rings. The summed E-state index contributed by atoms with van der Waals surface area (Å²) in [7, 11) is 0. The maximum atomic E-state index is 13.7. The number of nitrogens with zero attached hydrogens (tertiary/aromatic N) is 5. The second kappa shape index (κ2) is 13.3. The first-order chi connectivity index (χ1) is 18.6. The highest BCUT2D eigenvalue weighted by atomic mass is 32.1. The molecular weight excluding hydrogens is 493 g/mol. The van der Waals surface area contributed by atoms with Crippen molar-refractivity contribution in [2.45, 2.75) is 38.8 Å². The minimum Gasteiger partial charge on any atom is -0.301 e. The maximum Gasteiger partial charge on any atom is 0.123 e. The Labute approximate surface area is 231 Å². The van der Waals surface area contributed by atoms with Gasteiger partial charge in [-0.05, 0) is 50.9 Å². The van der Waals surface area contributed by atoms with Gasteiger partial charge in [-0.1, -0.05) is 42.5 Å². The largest absolute Gasteiger partial charge is 0.301 e. The van der Waals surface area contributed by atoms with Crippen molar-refractivity contribution in [3.05, 3.63) is 76.4 Å². The zero-order valence-corrected chi connectivity index (χ0v) is 23.8. The van der Waals surface area contributed by atoms with Gasteiger partial charge >= 0.3 is 0 Å². The third-order valence-electron chi connectivity index (χ3n) is 8.24. The van der Waals surface area contributed by atoms with Crippen molar-refractivity contribution >= 4 is 11.3 Å². The molecule has 0 N–H and O–H groups in total. The SMILES string of the molecule is CC(C)N1CCN(C(CN2CCN(CCCc3scnc3-c3ccccc3)CC2)c2ccc(F)cc2)CC1. The smallest absolute Gasteiger partial charge is 0.123 e. The molecule has 38 heavy (non-hydrogen) atoms. The Morgan fingerprint density at radius 3 is 2.16 bits per heavy atom. The van der Waals surface area contributed by atoms with Crippen molar-refractivity contribution in [3.8, 4) is 11.3 Å². The quantitative estimate of drug-likeness (QED) is 0.353. The molecule has 2 fully saturated rings. The third kappa shape index (κ3) is 7.07. The minimum absolute atomic E-state index is 0.153. The lowest BCUT2D eigenvalue weighted by molar-refractivity contribution is 0.0481. The molecule has 1 unspecified atom stereocenters. The molecule has 2 saturated heterocycles. The van der Waals surface area contributed by atoms with Crippen LogP contribution in [0.3, 0.4) is 0 Å². The Kier molecular flexibility index (Phi) is 9.57. The first kappa shape index (κ1) is 27.4. The summed E-state index contributed by atoms with van der Waals surface area (Å²) in [6, 6.07) is 18.7. The number of aromatic nitrogens is 1. The summed E-state index contributed by atoms with van der Waals surface area (Å²) in [6.07, 6.45) is 2.25. The van der Waals surface area contributed by atoms with Crippen LogP contribution in [0.15, 0.2) is 60.1 Å². The van der Waals surface area contributed by atoms with Gasteiger partial charge < -0.3 is 4.90 Å². The van der Waals surface area contributed by atoms with Gasteiger partial charge in [-0.25, -0.2) is 9.37 Å². The molecule has 0 aliphatic carbocycles. The number of benzene rings is 2. The molecule has 1 aromatic heterocycles. The second-order valence-corrected chi connectivity index (χ2v) is 11.9. The van der Waals surface area contributed by atoms with Crippen LogP contribution >= 0.6 is 11.3 Å². The van der Waals surface area contributed by atoms with E-state index in [2.05, 4.69) is 68.8 Å². The zero-order valence-electron chi connectivity index (χ0n) is 22.9. The molecule has 0 spiro atoms.